The molecule has 0 fully saturated rings. The minimum absolute atomic E-state index is 0.0623. The number of nitro benzene ring substituents is 1. The molecule has 0 aliphatic carbocycles. The molecule has 2 aromatic rings. The molecule has 0 saturated carbocycles. The highest BCUT2D eigenvalue weighted by Gasteiger charge is 2.14. The van der Waals surface area contributed by atoms with Crippen LogP contribution in [0.25, 0.3) is 0 Å². The van der Waals surface area contributed by atoms with Gasteiger partial charge in [0.05, 0.1) is 10.5 Å². The fourth-order valence-electron chi connectivity index (χ4n) is 1.90. The van der Waals surface area contributed by atoms with Crippen LogP contribution in [0, 0.1) is 29.8 Å². The lowest BCUT2D eigenvalue weighted by Crippen LogP contribution is -2.14. The van der Waals surface area contributed by atoms with E-state index in [1.54, 1.807) is 19.9 Å². The maximum atomic E-state index is 13.6. The van der Waals surface area contributed by atoms with Crippen LogP contribution in [0.4, 0.5) is 15.8 Å². The van der Waals surface area contributed by atoms with Crippen molar-refractivity contribution in [2.24, 2.45) is 0 Å². The largest absolute Gasteiger partial charge is 0.322 e. The molecule has 1 amide bonds. The highest BCUT2D eigenvalue weighted by molar-refractivity contribution is 6.05. The molecule has 0 spiro atoms. The molecule has 2 rings (SSSR count). The Hall–Kier alpha value is -2.76. The van der Waals surface area contributed by atoms with E-state index in [4.69, 9.17) is 0 Å². The van der Waals surface area contributed by atoms with Gasteiger partial charge in [-0.3, -0.25) is 14.9 Å². The average Bonchev–Trinajstić information content (AvgIpc) is 2.43. The monoisotopic (exact) mass is 288 g/mol. The SMILES string of the molecule is Cc1ccc(F)c(C(=O)Nc2ccc([N+](=O)[O-])cc2C)c1. The average molecular weight is 288 g/mol. The number of non-ortho nitro benzene ring substituents is 1. The Morgan fingerprint density at radius 1 is 1.19 bits per heavy atom. The molecule has 1 N–H and O–H groups in total. The first-order valence-corrected chi connectivity index (χ1v) is 6.21. The van der Waals surface area contributed by atoms with Gasteiger partial charge in [-0.2, -0.15) is 0 Å². The number of hydrogen-bond acceptors (Lipinski definition) is 3. The number of nitrogens with zero attached hydrogens (tertiary/aromatic N) is 1. The summed E-state index contributed by atoms with van der Waals surface area (Å²) in [5.74, 6) is -1.20. The summed E-state index contributed by atoms with van der Waals surface area (Å²) in [6.07, 6.45) is 0. The van der Waals surface area contributed by atoms with E-state index < -0.39 is 16.6 Å². The first kappa shape index (κ1) is 14.6. The molecule has 0 heterocycles. The molecule has 6 heteroatoms. The Kier molecular flexibility index (Phi) is 3.98. The molecule has 0 radical (unpaired) electrons. The molecule has 5 nitrogen and oxygen atoms in total. The molecule has 0 unspecified atom stereocenters. The van der Waals surface area contributed by atoms with E-state index >= 15 is 0 Å². The van der Waals surface area contributed by atoms with Crippen molar-refractivity contribution in [2.75, 3.05) is 5.32 Å². The van der Waals surface area contributed by atoms with E-state index in [2.05, 4.69) is 5.32 Å². The number of amides is 1. The lowest BCUT2D eigenvalue weighted by Gasteiger charge is -2.09. The maximum absolute atomic E-state index is 13.6. The van der Waals surface area contributed by atoms with Crippen molar-refractivity contribution >= 4 is 17.3 Å². The quantitative estimate of drug-likeness (QED) is 0.692. The van der Waals surface area contributed by atoms with Crippen LogP contribution in [0.5, 0.6) is 0 Å². The van der Waals surface area contributed by atoms with Crippen molar-refractivity contribution in [1.82, 2.24) is 0 Å². The highest BCUT2D eigenvalue weighted by atomic mass is 19.1. The molecule has 0 atom stereocenters. The van der Waals surface area contributed by atoms with Crippen molar-refractivity contribution in [3.8, 4) is 0 Å². The number of aryl methyl sites for hydroxylation is 2. The van der Waals surface area contributed by atoms with Crippen molar-refractivity contribution in [1.29, 1.82) is 0 Å². The smallest absolute Gasteiger partial charge is 0.269 e. The van der Waals surface area contributed by atoms with Gasteiger partial charge in [0.1, 0.15) is 5.82 Å². The van der Waals surface area contributed by atoms with Gasteiger partial charge in [0.15, 0.2) is 0 Å². The molecule has 0 saturated heterocycles. The van der Waals surface area contributed by atoms with Gasteiger partial charge < -0.3 is 5.32 Å². The lowest BCUT2D eigenvalue weighted by molar-refractivity contribution is -0.384. The predicted octanol–water partition coefficient (Wildman–Crippen LogP) is 3.60. The number of benzene rings is 2. The fourth-order valence-corrected chi connectivity index (χ4v) is 1.90. The number of anilines is 1. The second kappa shape index (κ2) is 5.70. The lowest BCUT2D eigenvalue weighted by atomic mass is 10.1. The van der Waals surface area contributed by atoms with Gasteiger partial charge in [-0.25, -0.2) is 4.39 Å². The Labute approximate surface area is 120 Å². The number of hydrogen-bond donors (Lipinski definition) is 1. The third-order valence-electron chi connectivity index (χ3n) is 3.04. The second-order valence-corrected chi connectivity index (χ2v) is 4.69. The van der Waals surface area contributed by atoms with Crippen molar-refractivity contribution in [3.05, 3.63) is 69.0 Å². The zero-order valence-electron chi connectivity index (χ0n) is 11.5. The van der Waals surface area contributed by atoms with Crippen LogP contribution < -0.4 is 5.32 Å². The molecule has 0 aromatic heterocycles. The van der Waals surface area contributed by atoms with Gasteiger partial charge in [0.2, 0.25) is 0 Å². The van der Waals surface area contributed by atoms with Crippen LogP contribution in [0.15, 0.2) is 36.4 Å². The first-order chi connectivity index (χ1) is 9.88. The van der Waals surface area contributed by atoms with Crippen LogP contribution in [-0.2, 0) is 0 Å². The number of halogens is 1. The Morgan fingerprint density at radius 2 is 1.90 bits per heavy atom. The number of carbonyl (C=O) groups excluding carboxylic acids is 1. The molecule has 2 aromatic carbocycles. The minimum Gasteiger partial charge on any atom is -0.322 e. The third-order valence-corrected chi connectivity index (χ3v) is 3.04. The molecule has 0 aliphatic rings. The first-order valence-electron chi connectivity index (χ1n) is 6.21. The number of nitrogens with one attached hydrogen (secondary N) is 1. The zero-order valence-corrected chi connectivity index (χ0v) is 11.5. The molecule has 21 heavy (non-hydrogen) atoms. The summed E-state index contributed by atoms with van der Waals surface area (Å²) >= 11 is 0. The summed E-state index contributed by atoms with van der Waals surface area (Å²) in [5.41, 5.74) is 1.58. The normalized spacial score (nSPS) is 10.2. The summed E-state index contributed by atoms with van der Waals surface area (Å²) in [6, 6.07) is 8.32. The third kappa shape index (κ3) is 3.22. The van der Waals surface area contributed by atoms with E-state index in [0.717, 1.165) is 5.56 Å². The topological polar surface area (TPSA) is 72.2 Å². The maximum Gasteiger partial charge on any atom is 0.269 e. The van der Waals surface area contributed by atoms with Gasteiger partial charge in [-0.1, -0.05) is 11.6 Å². The summed E-state index contributed by atoms with van der Waals surface area (Å²) in [5, 5.41) is 13.2. The van der Waals surface area contributed by atoms with Crippen LogP contribution in [0.2, 0.25) is 0 Å². The Balaban J connectivity index is 2.27. The predicted molar refractivity (Wildman–Crippen MR) is 76.9 cm³/mol. The standard InChI is InChI=1S/C15H13FN2O3/c1-9-3-5-13(16)12(7-9)15(19)17-14-6-4-11(18(20)21)8-10(14)2/h3-8H,1-2H3,(H,17,19). The molecular weight excluding hydrogens is 275 g/mol. The van der Waals surface area contributed by atoms with E-state index in [-0.39, 0.29) is 11.3 Å². The zero-order chi connectivity index (χ0) is 15.6. The van der Waals surface area contributed by atoms with Crippen LogP contribution in [0.1, 0.15) is 21.5 Å². The Morgan fingerprint density at radius 3 is 2.52 bits per heavy atom. The van der Waals surface area contributed by atoms with Gasteiger partial charge in [0, 0.05) is 17.8 Å². The van der Waals surface area contributed by atoms with Gasteiger partial charge in [-0.15, -0.1) is 0 Å². The molecular formula is C15H13FN2O3. The van der Waals surface area contributed by atoms with Gasteiger partial charge >= 0.3 is 0 Å². The highest BCUT2D eigenvalue weighted by Crippen LogP contribution is 2.22. The van der Waals surface area contributed by atoms with E-state index in [0.29, 0.717) is 11.3 Å². The number of nitro groups is 1. The molecule has 0 bridgehead atoms. The van der Waals surface area contributed by atoms with Crippen molar-refractivity contribution in [2.45, 2.75) is 13.8 Å². The molecule has 0 aliphatic heterocycles. The van der Waals surface area contributed by atoms with Crippen LogP contribution in [-0.4, -0.2) is 10.8 Å². The summed E-state index contributed by atoms with van der Waals surface area (Å²) in [6.45, 7) is 3.39. The number of carbonyl (C=O) groups is 1. The van der Waals surface area contributed by atoms with E-state index in [1.165, 1.54) is 30.3 Å². The summed E-state index contributed by atoms with van der Waals surface area (Å²) < 4.78 is 13.6. The Bertz CT molecular complexity index is 729. The van der Waals surface area contributed by atoms with Crippen LogP contribution >= 0.6 is 0 Å². The summed E-state index contributed by atoms with van der Waals surface area (Å²) in [4.78, 5) is 22.2. The van der Waals surface area contributed by atoms with Crippen molar-refractivity contribution in [3.63, 3.8) is 0 Å². The van der Waals surface area contributed by atoms with E-state index in [9.17, 15) is 19.3 Å². The van der Waals surface area contributed by atoms with Crippen LogP contribution in [0.3, 0.4) is 0 Å². The second-order valence-electron chi connectivity index (χ2n) is 4.69. The van der Waals surface area contributed by atoms with Crippen molar-refractivity contribution < 1.29 is 14.1 Å². The van der Waals surface area contributed by atoms with Gasteiger partial charge in [0.25, 0.3) is 11.6 Å². The summed E-state index contributed by atoms with van der Waals surface area (Å²) in [7, 11) is 0. The van der Waals surface area contributed by atoms with E-state index in [1.807, 2.05) is 0 Å². The molecule has 108 valence electrons. The fraction of sp³-hybridized carbons (Fsp3) is 0.133. The van der Waals surface area contributed by atoms with Gasteiger partial charge in [-0.05, 0) is 37.6 Å². The number of rotatable bonds is 3. The minimum atomic E-state index is -0.613.